The van der Waals surface area contributed by atoms with Gasteiger partial charge >= 0.3 is 12.1 Å². The van der Waals surface area contributed by atoms with Gasteiger partial charge in [0.2, 0.25) is 0 Å². The molecule has 10 heteroatoms. The maximum Gasteiger partial charge on any atom is 0.416 e. The van der Waals surface area contributed by atoms with Gasteiger partial charge in [-0.1, -0.05) is 6.07 Å². The SMILES string of the molecule is COc1ccc(-c2cc(F)cc(C(=O)O)c2)cc1C(C(=O)c1ccc(C(F)(F)F)cc1F)c1ccc[nH]1. The van der Waals surface area contributed by atoms with Gasteiger partial charge in [-0.3, -0.25) is 4.79 Å². The maximum atomic E-state index is 14.8. The molecule has 0 amide bonds. The van der Waals surface area contributed by atoms with Gasteiger partial charge in [-0.2, -0.15) is 13.2 Å². The first kappa shape index (κ1) is 25.6. The lowest BCUT2D eigenvalue weighted by atomic mass is 9.85. The highest BCUT2D eigenvalue weighted by atomic mass is 19.4. The minimum absolute atomic E-state index is 0.193. The number of carboxylic acids is 1. The van der Waals surface area contributed by atoms with Crippen molar-refractivity contribution in [2.75, 3.05) is 7.11 Å². The number of halogens is 5. The van der Waals surface area contributed by atoms with Crippen molar-refractivity contribution in [3.05, 3.63) is 113 Å². The Bertz CT molecular complexity index is 1480. The summed E-state index contributed by atoms with van der Waals surface area (Å²) in [7, 11) is 1.33. The third-order valence-electron chi connectivity index (χ3n) is 5.78. The van der Waals surface area contributed by atoms with E-state index in [0.717, 1.165) is 18.2 Å². The predicted octanol–water partition coefficient (Wildman–Crippen LogP) is 6.70. The Morgan fingerprint density at radius 1 is 0.946 bits per heavy atom. The van der Waals surface area contributed by atoms with Crippen LogP contribution < -0.4 is 4.74 Å². The number of carboxylic acid groups (broad SMARTS) is 1. The van der Waals surface area contributed by atoms with E-state index in [4.69, 9.17) is 4.74 Å². The highest BCUT2D eigenvalue weighted by Crippen LogP contribution is 2.38. The number of aromatic nitrogens is 1. The standard InChI is InChI=1S/C27H18F5NO4/c1-37-23-7-4-14(15-9-16(26(35)36)11-18(28)10-15)12-20(23)24(22-3-2-8-33-22)25(34)19-6-5-17(13-21(19)29)27(30,31)32/h2-13,24,33H,1H3,(H,35,36). The molecule has 4 aromatic rings. The van der Waals surface area contributed by atoms with Crippen LogP contribution in [-0.2, 0) is 6.18 Å². The first-order valence-electron chi connectivity index (χ1n) is 10.8. The van der Waals surface area contributed by atoms with Crippen molar-refractivity contribution >= 4 is 11.8 Å². The van der Waals surface area contributed by atoms with Crippen LogP contribution in [0.25, 0.3) is 11.1 Å². The van der Waals surface area contributed by atoms with Crippen molar-refractivity contribution in [2.24, 2.45) is 0 Å². The summed E-state index contributed by atoms with van der Waals surface area (Å²) < 4.78 is 73.4. The molecule has 5 nitrogen and oxygen atoms in total. The molecule has 0 saturated heterocycles. The molecule has 4 rings (SSSR count). The van der Waals surface area contributed by atoms with Gasteiger partial charge in [-0.25, -0.2) is 13.6 Å². The minimum atomic E-state index is -4.79. The van der Waals surface area contributed by atoms with Gasteiger partial charge in [0.15, 0.2) is 5.78 Å². The quantitative estimate of drug-likeness (QED) is 0.212. The summed E-state index contributed by atoms with van der Waals surface area (Å²) in [5, 5.41) is 9.28. The summed E-state index contributed by atoms with van der Waals surface area (Å²) >= 11 is 0. The maximum absolute atomic E-state index is 14.8. The van der Waals surface area contributed by atoms with Crippen LogP contribution in [0.2, 0.25) is 0 Å². The molecule has 1 aromatic heterocycles. The van der Waals surface area contributed by atoms with E-state index in [9.17, 15) is 36.6 Å². The molecule has 0 aliphatic carbocycles. The fourth-order valence-electron chi connectivity index (χ4n) is 4.04. The summed E-state index contributed by atoms with van der Waals surface area (Å²) in [6, 6.07) is 12.5. The molecule has 3 aromatic carbocycles. The Hall–Kier alpha value is -4.47. The molecule has 2 N–H and O–H groups in total. The second-order valence-corrected chi connectivity index (χ2v) is 8.11. The predicted molar refractivity (Wildman–Crippen MR) is 124 cm³/mol. The number of H-pyrrole nitrogens is 1. The van der Waals surface area contributed by atoms with Crippen molar-refractivity contribution < 1.29 is 41.4 Å². The lowest BCUT2D eigenvalue weighted by Crippen LogP contribution is -2.18. The van der Waals surface area contributed by atoms with Crippen molar-refractivity contribution in [3.8, 4) is 16.9 Å². The number of hydrogen-bond acceptors (Lipinski definition) is 3. The molecule has 0 aliphatic rings. The zero-order valence-corrected chi connectivity index (χ0v) is 19.1. The number of ether oxygens (including phenoxy) is 1. The molecule has 0 fully saturated rings. The largest absolute Gasteiger partial charge is 0.496 e. The lowest BCUT2D eigenvalue weighted by molar-refractivity contribution is -0.137. The molecule has 190 valence electrons. The number of aromatic carboxylic acids is 1. The highest BCUT2D eigenvalue weighted by Gasteiger charge is 2.34. The minimum Gasteiger partial charge on any atom is -0.496 e. The van der Waals surface area contributed by atoms with E-state index < -0.39 is 46.6 Å². The topological polar surface area (TPSA) is 79.4 Å². The van der Waals surface area contributed by atoms with E-state index in [2.05, 4.69) is 4.98 Å². The van der Waals surface area contributed by atoms with Crippen LogP contribution in [0.15, 0.2) is 72.9 Å². The summed E-state index contributed by atoms with van der Waals surface area (Å²) in [5.74, 6) is -5.39. The fraction of sp³-hybridized carbons (Fsp3) is 0.111. The van der Waals surface area contributed by atoms with E-state index in [1.807, 2.05) is 0 Å². The number of carbonyl (C=O) groups excluding carboxylic acids is 1. The normalized spacial score (nSPS) is 12.3. The first-order valence-corrected chi connectivity index (χ1v) is 10.8. The summed E-state index contributed by atoms with van der Waals surface area (Å²) in [6.45, 7) is 0. The van der Waals surface area contributed by atoms with Crippen LogP contribution in [0.5, 0.6) is 5.75 Å². The molecule has 1 heterocycles. The van der Waals surface area contributed by atoms with E-state index >= 15 is 0 Å². The van der Waals surface area contributed by atoms with Crippen molar-refractivity contribution in [3.63, 3.8) is 0 Å². The Morgan fingerprint density at radius 3 is 2.30 bits per heavy atom. The van der Waals surface area contributed by atoms with Gasteiger partial charge in [-0.05, 0) is 71.8 Å². The number of alkyl halides is 3. The Morgan fingerprint density at radius 2 is 1.70 bits per heavy atom. The van der Waals surface area contributed by atoms with Crippen LogP contribution in [0.4, 0.5) is 22.0 Å². The van der Waals surface area contributed by atoms with Crippen LogP contribution in [0.3, 0.4) is 0 Å². The van der Waals surface area contributed by atoms with Crippen LogP contribution >= 0.6 is 0 Å². The number of rotatable bonds is 7. The van der Waals surface area contributed by atoms with Crippen LogP contribution in [0.1, 0.15) is 43.5 Å². The number of ketones is 1. The van der Waals surface area contributed by atoms with E-state index in [1.54, 1.807) is 12.1 Å². The van der Waals surface area contributed by atoms with Gasteiger partial charge < -0.3 is 14.8 Å². The average molecular weight is 515 g/mol. The highest BCUT2D eigenvalue weighted by molar-refractivity contribution is 6.03. The second-order valence-electron chi connectivity index (χ2n) is 8.11. The van der Waals surface area contributed by atoms with E-state index in [0.29, 0.717) is 17.3 Å². The molecule has 0 spiro atoms. The zero-order valence-electron chi connectivity index (χ0n) is 19.1. The average Bonchev–Trinajstić information content (AvgIpc) is 3.37. The second kappa shape index (κ2) is 9.88. The van der Waals surface area contributed by atoms with Crippen LogP contribution in [-0.4, -0.2) is 29.0 Å². The van der Waals surface area contributed by atoms with Gasteiger partial charge in [0.25, 0.3) is 0 Å². The smallest absolute Gasteiger partial charge is 0.416 e. The monoisotopic (exact) mass is 515 g/mol. The number of nitrogens with one attached hydrogen (secondary N) is 1. The van der Waals surface area contributed by atoms with E-state index in [1.165, 1.54) is 37.6 Å². The summed E-state index contributed by atoms with van der Waals surface area (Å²) in [5.41, 5.74) is -1.08. The Labute approximate surface area is 207 Å². The molecule has 0 radical (unpaired) electrons. The Balaban J connectivity index is 1.88. The number of aromatic amines is 1. The third kappa shape index (κ3) is 5.23. The molecule has 0 saturated carbocycles. The van der Waals surface area contributed by atoms with Crippen molar-refractivity contribution in [2.45, 2.75) is 12.1 Å². The fourth-order valence-corrected chi connectivity index (χ4v) is 4.04. The zero-order chi connectivity index (χ0) is 26.9. The number of methoxy groups -OCH3 is 1. The number of carbonyl (C=O) groups is 2. The number of Topliss-reactive ketones (excluding diaryl/α,β-unsaturated/α-hetero) is 1. The van der Waals surface area contributed by atoms with Crippen molar-refractivity contribution in [1.82, 2.24) is 4.98 Å². The Kier molecular flexibility index (Phi) is 6.84. The third-order valence-corrected chi connectivity index (χ3v) is 5.78. The lowest BCUT2D eigenvalue weighted by Gasteiger charge is -2.20. The number of hydrogen-bond donors (Lipinski definition) is 2. The molecule has 1 unspecified atom stereocenters. The molecular formula is C27H18F5NO4. The summed E-state index contributed by atoms with van der Waals surface area (Å²) in [4.78, 5) is 27.9. The first-order chi connectivity index (χ1) is 17.5. The van der Waals surface area contributed by atoms with Gasteiger partial charge in [0, 0.05) is 17.5 Å². The number of benzene rings is 3. The molecule has 0 aliphatic heterocycles. The van der Waals surface area contributed by atoms with Crippen molar-refractivity contribution in [1.29, 1.82) is 0 Å². The summed E-state index contributed by atoms with van der Waals surface area (Å²) in [6.07, 6.45) is -3.28. The van der Waals surface area contributed by atoms with E-state index in [-0.39, 0.29) is 28.5 Å². The van der Waals surface area contributed by atoms with Gasteiger partial charge in [-0.15, -0.1) is 0 Å². The molecular weight excluding hydrogens is 497 g/mol. The van der Waals surface area contributed by atoms with Gasteiger partial charge in [0.05, 0.1) is 29.7 Å². The molecule has 1 atom stereocenters. The molecule has 0 bridgehead atoms. The van der Waals surface area contributed by atoms with Gasteiger partial charge in [0.1, 0.15) is 17.4 Å². The van der Waals surface area contributed by atoms with Crippen LogP contribution in [0, 0.1) is 11.6 Å². The molecule has 37 heavy (non-hydrogen) atoms.